The number of esters is 2. The van der Waals surface area contributed by atoms with E-state index in [1.807, 2.05) is 38.1 Å². The maximum Gasteiger partial charge on any atom is 0.342 e. The van der Waals surface area contributed by atoms with Gasteiger partial charge in [-0.25, -0.2) is 14.6 Å². The van der Waals surface area contributed by atoms with Crippen LogP contribution in [0, 0.1) is 22.7 Å². The molecule has 0 aromatic heterocycles. The summed E-state index contributed by atoms with van der Waals surface area (Å²) in [6, 6.07) is 6.01. The molecule has 270 valence electrons. The zero-order chi connectivity index (χ0) is 36.4. The van der Waals surface area contributed by atoms with Crippen LogP contribution in [0.2, 0.25) is 0 Å². The van der Waals surface area contributed by atoms with Crippen LogP contribution in [0.25, 0.3) is 5.57 Å². The second-order valence-electron chi connectivity index (χ2n) is 14.8. The van der Waals surface area contributed by atoms with Crippen molar-refractivity contribution in [2.45, 2.75) is 84.4 Å². The first-order valence-electron chi connectivity index (χ1n) is 17.7. The number of nitrogens with zero attached hydrogens (tertiary/aromatic N) is 3. The molecule has 0 bridgehead atoms. The Hall–Kier alpha value is -3.93. The number of fused-ring (bicyclic) bond motifs is 1. The van der Waals surface area contributed by atoms with Crippen molar-refractivity contribution >= 4 is 41.0 Å². The van der Waals surface area contributed by atoms with Crippen molar-refractivity contribution in [2.24, 2.45) is 32.7 Å². The summed E-state index contributed by atoms with van der Waals surface area (Å²) in [5, 5.41) is 25.0. The predicted octanol–water partition coefficient (Wildman–Crippen LogP) is 4.43. The maximum absolute atomic E-state index is 13.9. The van der Waals surface area contributed by atoms with Crippen LogP contribution in [0.15, 0.2) is 63.8 Å². The number of aliphatic imine (C=N–C) groups is 2. The smallest absolute Gasteiger partial charge is 0.342 e. The van der Waals surface area contributed by atoms with Crippen LogP contribution >= 0.6 is 0 Å². The molecule has 4 unspecified atom stereocenters. The van der Waals surface area contributed by atoms with E-state index in [0.717, 1.165) is 30.5 Å². The van der Waals surface area contributed by atoms with Crippen molar-refractivity contribution < 1.29 is 34.1 Å². The lowest BCUT2D eigenvalue weighted by molar-refractivity contribution is -0.153. The zero-order valence-electron chi connectivity index (χ0n) is 30.2. The van der Waals surface area contributed by atoms with Crippen LogP contribution in [0.3, 0.4) is 0 Å². The molecule has 2 aliphatic carbocycles. The van der Waals surface area contributed by atoms with E-state index in [0.29, 0.717) is 36.4 Å². The molecule has 2 saturated carbocycles. The Morgan fingerprint density at radius 2 is 1.92 bits per heavy atom. The molecule has 1 aromatic carbocycles. The normalized spacial score (nSPS) is 29.8. The molecule has 4 aliphatic rings. The van der Waals surface area contributed by atoms with E-state index < -0.39 is 35.5 Å². The second kappa shape index (κ2) is 15.1. The SMILES string of the molecule is C=C1CCC2[C@](C)(CC[C@@H](O)[C@@]2(C)CO)C1CC(NC(C)C(=O)CC1=NCC=N1)C1=C/C(=C(/C(=O)OCC)c2ccc(N(C)C)cc2)OC1=O. The summed E-state index contributed by atoms with van der Waals surface area (Å²) in [4.78, 5) is 51.1. The Morgan fingerprint density at radius 3 is 2.54 bits per heavy atom. The molecule has 11 nitrogen and oxygen atoms in total. The fourth-order valence-electron chi connectivity index (χ4n) is 8.54. The summed E-state index contributed by atoms with van der Waals surface area (Å²) >= 11 is 0. The topological polar surface area (TPSA) is 150 Å². The first-order chi connectivity index (χ1) is 23.7. The highest BCUT2D eigenvalue weighted by Gasteiger charge is 2.58. The van der Waals surface area contributed by atoms with Crippen molar-refractivity contribution in [2.75, 3.05) is 38.8 Å². The number of ketones is 1. The highest BCUT2D eigenvalue weighted by atomic mass is 16.6. The van der Waals surface area contributed by atoms with Gasteiger partial charge in [-0.05, 0) is 87.0 Å². The summed E-state index contributed by atoms with van der Waals surface area (Å²) in [6.45, 7) is 12.6. The number of anilines is 1. The molecule has 2 aliphatic heterocycles. The first kappa shape index (κ1) is 37.3. The molecular weight excluding hydrogens is 636 g/mol. The Morgan fingerprint density at radius 1 is 1.20 bits per heavy atom. The first-order valence-corrected chi connectivity index (χ1v) is 17.7. The lowest BCUT2D eigenvalue weighted by Crippen LogP contribution is -2.58. The Kier molecular flexibility index (Phi) is 11.3. The number of allylic oxidation sites excluding steroid dienone is 2. The third-order valence-electron chi connectivity index (χ3n) is 11.5. The number of cyclic esters (lactones) is 1. The second-order valence-corrected chi connectivity index (χ2v) is 14.8. The molecule has 2 fully saturated rings. The quantitative estimate of drug-likeness (QED) is 0.155. The number of carbonyl (C=O) groups is 3. The van der Waals surface area contributed by atoms with Crippen molar-refractivity contribution in [1.29, 1.82) is 0 Å². The molecule has 11 heteroatoms. The summed E-state index contributed by atoms with van der Waals surface area (Å²) in [6.07, 6.45) is 5.89. The van der Waals surface area contributed by atoms with Crippen LogP contribution in [0.1, 0.15) is 71.8 Å². The summed E-state index contributed by atoms with van der Waals surface area (Å²) in [7, 11) is 3.84. The van der Waals surface area contributed by atoms with Crippen LogP contribution in [0.4, 0.5) is 5.69 Å². The van der Waals surface area contributed by atoms with E-state index in [-0.39, 0.29) is 54.0 Å². The number of amidine groups is 1. The van der Waals surface area contributed by atoms with Crippen molar-refractivity contribution in [3.63, 3.8) is 0 Å². The fourth-order valence-corrected chi connectivity index (χ4v) is 8.54. The Bertz CT molecular complexity index is 1630. The van der Waals surface area contributed by atoms with E-state index in [2.05, 4.69) is 28.8 Å². The molecule has 0 saturated heterocycles. The van der Waals surface area contributed by atoms with Crippen molar-refractivity contribution in [3.05, 3.63) is 59.4 Å². The van der Waals surface area contributed by atoms with E-state index in [9.17, 15) is 24.6 Å². The summed E-state index contributed by atoms with van der Waals surface area (Å²) in [5.74, 6) is -0.881. The average Bonchev–Trinajstić information content (AvgIpc) is 3.74. The number of ether oxygens (including phenoxy) is 2. The number of Topliss-reactive ketones (excluding diaryl/α,β-unsaturated/α-hetero) is 1. The summed E-state index contributed by atoms with van der Waals surface area (Å²) in [5.41, 5.74) is 1.93. The zero-order valence-corrected chi connectivity index (χ0v) is 30.2. The lowest BCUT2D eigenvalue weighted by atomic mass is 9.46. The molecular formula is C39H52N4O7. The molecule has 0 amide bonds. The molecule has 0 spiro atoms. The van der Waals surface area contributed by atoms with E-state index in [1.54, 1.807) is 38.3 Å². The molecule has 7 atom stereocenters. The number of rotatable bonds is 13. The van der Waals surface area contributed by atoms with Gasteiger partial charge in [-0.1, -0.05) is 38.1 Å². The van der Waals surface area contributed by atoms with Crippen molar-refractivity contribution in [3.8, 4) is 0 Å². The number of carbonyl (C=O) groups excluding carboxylic acids is 3. The standard InChI is InChI=1S/C39H52N4O7/c1-8-49-37(48)35(25-10-12-26(13-11-25)43(6)7)31-19-27(36(47)50-31)29(42-24(3)30(45)21-34-40-17-18-41-34)20-28-23(2)9-14-32-38(28,4)16-15-33(46)39(32,5)22-44/h10-13,17,19,24,28-29,32-33,42,44,46H,2,8-9,14-16,18,20-22H2,1,3-7H3/b35-31-/t24?,28?,29?,32?,33-,38-,39+/m1/s1. The third kappa shape index (κ3) is 7.27. The van der Waals surface area contributed by atoms with Gasteiger partial charge in [0.2, 0.25) is 0 Å². The van der Waals surface area contributed by atoms with Gasteiger partial charge >= 0.3 is 11.9 Å². The number of hydrogen-bond acceptors (Lipinski definition) is 11. The number of nitrogens with one attached hydrogen (secondary N) is 1. The summed E-state index contributed by atoms with van der Waals surface area (Å²) < 4.78 is 11.3. The van der Waals surface area contributed by atoms with Gasteiger partial charge in [0.15, 0.2) is 5.78 Å². The van der Waals surface area contributed by atoms with Crippen LogP contribution in [-0.4, -0.2) is 92.0 Å². The average molecular weight is 689 g/mol. The third-order valence-corrected chi connectivity index (χ3v) is 11.5. The van der Waals surface area contributed by atoms with Crippen molar-refractivity contribution in [1.82, 2.24) is 5.32 Å². The maximum atomic E-state index is 13.9. The van der Waals surface area contributed by atoms with Crippen LogP contribution < -0.4 is 10.2 Å². The molecule has 50 heavy (non-hydrogen) atoms. The van der Waals surface area contributed by atoms with E-state index in [4.69, 9.17) is 9.47 Å². The lowest BCUT2D eigenvalue weighted by Gasteiger charge is -2.60. The van der Waals surface area contributed by atoms with Gasteiger partial charge in [-0.15, -0.1) is 0 Å². The molecule has 0 radical (unpaired) electrons. The Balaban J connectivity index is 1.56. The number of benzene rings is 1. The van der Waals surface area contributed by atoms with Gasteiger partial charge in [-0.3, -0.25) is 9.79 Å². The van der Waals surface area contributed by atoms with Crippen LogP contribution in [-0.2, 0) is 23.9 Å². The van der Waals surface area contributed by atoms with Gasteiger partial charge in [-0.2, -0.15) is 0 Å². The minimum Gasteiger partial charge on any atom is -0.462 e. The van der Waals surface area contributed by atoms with Gasteiger partial charge in [0.05, 0.1) is 43.9 Å². The fraction of sp³-hybridized carbons (Fsp3) is 0.564. The number of aliphatic hydroxyl groups is 2. The monoisotopic (exact) mass is 688 g/mol. The van der Waals surface area contributed by atoms with E-state index in [1.165, 1.54) is 0 Å². The predicted molar refractivity (Wildman–Crippen MR) is 194 cm³/mol. The van der Waals surface area contributed by atoms with Crippen LogP contribution in [0.5, 0.6) is 0 Å². The van der Waals surface area contributed by atoms with Gasteiger partial charge < -0.3 is 29.9 Å². The highest BCUT2D eigenvalue weighted by Crippen LogP contribution is 2.62. The molecule has 3 N–H and O–H groups in total. The number of aliphatic hydroxyl groups excluding tert-OH is 2. The Labute approximate surface area is 295 Å². The van der Waals surface area contributed by atoms with Gasteiger partial charge in [0, 0.05) is 37.5 Å². The minimum atomic E-state index is -0.682. The number of hydrogen-bond donors (Lipinski definition) is 3. The molecule has 5 rings (SSSR count). The van der Waals surface area contributed by atoms with Gasteiger partial charge in [0.1, 0.15) is 17.2 Å². The minimum absolute atomic E-state index is 0.0118. The molecule has 2 heterocycles. The van der Waals surface area contributed by atoms with Gasteiger partial charge in [0.25, 0.3) is 0 Å². The molecule has 1 aromatic rings. The highest BCUT2D eigenvalue weighted by molar-refractivity contribution is 6.19. The largest absolute Gasteiger partial charge is 0.462 e. The van der Waals surface area contributed by atoms with E-state index >= 15 is 0 Å².